The number of benzene rings is 2. The Morgan fingerprint density at radius 3 is 2.83 bits per heavy atom. The normalized spacial score (nSPS) is 10.9. The summed E-state index contributed by atoms with van der Waals surface area (Å²) in [5.74, 6) is -0.582. The van der Waals surface area contributed by atoms with E-state index in [1.165, 1.54) is 12.1 Å². The number of aromatic nitrogens is 3. The third-order valence-corrected chi connectivity index (χ3v) is 3.65. The molecule has 0 saturated carbocycles. The van der Waals surface area contributed by atoms with Crippen molar-refractivity contribution in [2.75, 3.05) is 5.32 Å². The van der Waals surface area contributed by atoms with Crippen molar-refractivity contribution in [3.05, 3.63) is 53.3 Å². The van der Waals surface area contributed by atoms with E-state index in [1.54, 1.807) is 25.1 Å². The number of rotatable bonds is 4. The Hall–Kier alpha value is -2.76. The van der Waals surface area contributed by atoms with Crippen molar-refractivity contribution >= 4 is 22.6 Å². The van der Waals surface area contributed by atoms with E-state index in [0.29, 0.717) is 22.3 Å². The van der Waals surface area contributed by atoms with Crippen molar-refractivity contribution in [1.82, 2.24) is 15.0 Å². The summed E-state index contributed by atoms with van der Waals surface area (Å²) in [6.45, 7) is 4.61. The molecule has 23 heavy (non-hydrogen) atoms. The highest BCUT2D eigenvalue weighted by Gasteiger charge is 2.11. The molecule has 0 fully saturated rings. The number of hydrogen-bond acceptors (Lipinski definition) is 3. The largest absolute Gasteiger partial charge is 0.322 e. The van der Waals surface area contributed by atoms with Gasteiger partial charge in [-0.1, -0.05) is 12.1 Å². The van der Waals surface area contributed by atoms with Gasteiger partial charge >= 0.3 is 0 Å². The van der Waals surface area contributed by atoms with Gasteiger partial charge in [-0.15, -0.1) is 5.10 Å². The number of fused-ring (bicyclic) bond motifs is 1. The fourth-order valence-electron chi connectivity index (χ4n) is 2.45. The Morgan fingerprint density at radius 2 is 2.09 bits per heavy atom. The summed E-state index contributed by atoms with van der Waals surface area (Å²) in [6.07, 6.45) is 0.963. The number of carbonyl (C=O) groups is 1. The fourth-order valence-corrected chi connectivity index (χ4v) is 2.45. The molecule has 0 atom stereocenters. The van der Waals surface area contributed by atoms with Crippen LogP contribution in [0.5, 0.6) is 0 Å². The van der Waals surface area contributed by atoms with E-state index in [9.17, 15) is 9.18 Å². The van der Waals surface area contributed by atoms with Gasteiger partial charge in [0, 0.05) is 17.8 Å². The van der Waals surface area contributed by atoms with Crippen molar-refractivity contribution in [2.45, 2.75) is 26.8 Å². The molecule has 1 aromatic heterocycles. The predicted octanol–water partition coefficient (Wildman–Crippen LogP) is 3.54. The van der Waals surface area contributed by atoms with Gasteiger partial charge < -0.3 is 5.32 Å². The fraction of sp³-hybridized carbons (Fsp3) is 0.235. The highest BCUT2D eigenvalue weighted by atomic mass is 19.1. The van der Waals surface area contributed by atoms with E-state index >= 15 is 0 Å². The van der Waals surface area contributed by atoms with Crippen LogP contribution < -0.4 is 5.32 Å². The molecule has 5 nitrogen and oxygen atoms in total. The maximum Gasteiger partial charge on any atom is 0.255 e. The van der Waals surface area contributed by atoms with Crippen molar-refractivity contribution < 1.29 is 9.18 Å². The standard InChI is InChI=1S/C17H17FN4O/c1-3-8-22-16-7-4-12(10-15(16)20-21-22)17(23)19-14-6-5-13(18)9-11(14)2/h4-7,9-10H,3,8H2,1-2H3,(H,19,23). The zero-order chi connectivity index (χ0) is 16.4. The predicted molar refractivity (Wildman–Crippen MR) is 86.9 cm³/mol. The highest BCUT2D eigenvalue weighted by Crippen LogP contribution is 2.18. The third-order valence-electron chi connectivity index (χ3n) is 3.65. The number of amides is 1. The van der Waals surface area contributed by atoms with Gasteiger partial charge in [0.05, 0.1) is 5.52 Å². The average Bonchev–Trinajstić information content (AvgIpc) is 2.93. The highest BCUT2D eigenvalue weighted by molar-refractivity contribution is 6.06. The molecule has 1 amide bonds. The first-order chi connectivity index (χ1) is 11.1. The van der Waals surface area contributed by atoms with Crippen molar-refractivity contribution in [1.29, 1.82) is 0 Å². The molecule has 118 valence electrons. The molecule has 2 aromatic carbocycles. The van der Waals surface area contributed by atoms with E-state index in [0.717, 1.165) is 18.5 Å². The summed E-state index contributed by atoms with van der Waals surface area (Å²) in [4.78, 5) is 12.4. The van der Waals surface area contributed by atoms with Crippen LogP contribution in [0, 0.1) is 12.7 Å². The Labute approximate surface area is 133 Å². The molecular formula is C17H17FN4O. The summed E-state index contributed by atoms with van der Waals surface area (Å²) in [5.41, 5.74) is 3.34. The topological polar surface area (TPSA) is 59.8 Å². The van der Waals surface area contributed by atoms with E-state index in [1.807, 2.05) is 10.7 Å². The second kappa shape index (κ2) is 6.16. The lowest BCUT2D eigenvalue weighted by Gasteiger charge is -2.08. The number of nitrogens with zero attached hydrogens (tertiary/aromatic N) is 3. The maximum atomic E-state index is 13.1. The zero-order valence-corrected chi connectivity index (χ0v) is 13.0. The van der Waals surface area contributed by atoms with E-state index < -0.39 is 0 Å². The number of hydrogen-bond donors (Lipinski definition) is 1. The number of halogens is 1. The van der Waals surface area contributed by atoms with Crippen LogP contribution in [0.2, 0.25) is 0 Å². The van der Waals surface area contributed by atoms with Crippen molar-refractivity contribution in [3.63, 3.8) is 0 Å². The minimum atomic E-state index is -0.325. The molecule has 0 aliphatic carbocycles. The average molecular weight is 312 g/mol. The van der Waals surface area contributed by atoms with Crippen LogP contribution in [0.25, 0.3) is 11.0 Å². The van der Waals surface area contributed by atoms with Crippen molar-refractivity contribution in [2.24, 2.45) is 0 Å². The van der Waals surface area contributed by atoms with Gasteiger partial charge in [0.1, 0.15) is 11.3 Å². The van der Waals surface area contributed by atoms with Crippen LogP contribution >= 0.6 is 0 Å². The number of anilines is 1. The quantitative estimate of drug-likeness (QED) is 0.801. The van der Waals surface area contributed by atoms with Gasteiger partial charge in [-0.2, -0.15) is 0 Å². The Morgan fingerprint density at radius 1 is 1.26 bits per heavy atom. The molecule has 0 saturated heterocycles. The molecule has 0 unspecified atom stereocenters. The van der Waals surface area contributed by atoms with Crippen LogP contribution in [-0.2, 0) is 6.54 Å². The molecule has 0 radical (unpaired) electrons. The first kappa shape index (κ1) is 15.1. The SMILES string of the molecule is CCCn1nnc2cc(C(=O)Nc3ccc(F)cc3C)ccc21. The smallest absolute Gasteiger partial charge is 0.255 e. The van der Waals surface area contributed by atoms with Crippen LogP contribution in [0.1, 0.15) is 29.3 Å². The van der Waals surface area contributed by atoms with Gasteiger partial charge in [0.25, 0.3) is 5.91 Å². The molecule has 3 aromatic rings. The summed E-state index contributed by atoms with van der Waals surface area (Å²) >= 11 is 0. The Balaban J connectivity index is 1.86. The van der Waals surface area contributed by atoms with E-state index in [2.05, 4.69) is 22.6 Å². The summed E-state index contributed by atoms with van der Waals surface area (Å²) in [5, 5.41) is 11.0. The molecule has 1 heterocycles. The number of nitrogens with one attached hydrogen (secondary N) is 1. The van der Waals surface area contributed by atoms with Crippen LogP contribution in [0.4, 0.5) is 10.1 Å². The first-order valence-corrected chi connectivity index (χ1v) is 7.49. The van der Waals surface area contributed by atoms with E-state index in [-0.39, 0.29) is 11.7 Å². The summed E-state index contributed by atoms with van der Waals surface area (Å²) in [6, 6.07) is 9.56. The second-order valence-electron chi connectivity index (χ2n) is 5.43. The van der Waals surface area contributed by atoms with Gasteiger partial charge in [-0.05, 0) is 55.3 Å². The minimum absolute atomic E-state index is 0.258. The molecular weight excluding hydrogens is 295 g/mol. The van der Waals surface area contributed by atoms with Crippen molar-refractivity contribution in [3.8, 4) is 0 Å². The molecule has 0 aliphatic heterocycles. The van der Waals surface area contributed by atoms with Crippen LogP contribution in [0.15, 0.2) is 36.4 Å². The number of carbonyl (C=O) groups excluding carboxylic acids is 1. The minimum Gasteiger partial charge on any atom is -0.322 e. The Kier molecular flexibility index (Phi) is 4.06. The number of aryl methyl sites for hydroxylation is 2. The summed E-state index contributed by atoms with van der Waals surface area (Å²) in [7, 11) is 0. The lowest BCUT2D eigenvalue weighted by molar-refractivity contribution is 0.102. The van der Waals surface area contributed by atoms with Crippen LogP contribution in [0.3, 0.4) is 0 Å². The molecule has 1 N–H and O–H groups in total. The van der Waals surface area contributed by atoms with Gasteiger partial charge in [0.2, 0.25) is 0 Å². The lowest BCUT2D eigenvalue weighted by atomic mass is 10.1. The zero-order valence-electron chi connectivity index (χ0n) is 13.0. The van der Waals surface area contributed by atoms with Crippen LogP contribution in [-0.4, -0.2) is 20.9 Å². The summed E-state index contributed by atoms with van der Waals surface area (Å²) < 4.78 is 14.9. The molecule has 0 bridgehead atoms. The first-order valence-electron chi connectivity index (χ1n) is 7.49. The van der Waals surface area contributed by atoms with E-state index in [4.69, 9.17) is 0 Å². The maximum absolute atomic E-state index is 13.1. The molecule has 3 rings (SSSR count). The Bertz CT molecular complexity index is 872. The monoisotopic (exact) mass is 312 g/mol. The third kappa shape index (κ3) is 3.06. The molecule has 0 spiro atoms. The van der Waals surface area contributed by atoms with Gasteiger partial charge in [-0.25, -0.2) is 9.07 Å². The molecule has 0 aliphatic rings. The van der Waals surface area contributed by atoms with Gasteiger partial charge in [-0.3, -0.25) is 4.79 Å². The molecule has 6 heteroatoms. The lowest BCUT2D eigenvalue weighted by Crippen LogP contribution is -2.12. The van der Waals surface area contributed by atoms with Gasteiger partial charge in [0.15, 0.2) is 0 Å². The second-order valence-corrected chi connectivity index (χ2v) is 5.43.